The smallest absolute Gasteiger partial charge is 0.144 e. The van der Waals surface area contributed by atoms with Gasteiger partial charge in [-0.05, 0) is 37.8 Å². The van der Waals surface area contributed by atoms with Crippen LogP contribution < -0.4 is 15.4 Å². The molecule has 0 unspecified atom stereocenters. The second-order valence-electron chi connectivity index (χ2n) is 4.64. The fraction of sp³-hybridized carbons (Fsp3) is 0.538. The maximum Gasteiger partial charge on any atom is 0.144 e. The molecule has 0 heterocycles. The van der Waals surface area contributed by atoms with E-state index in [1.807, 2.05) is 32.3 Å². The van der Waals surface area contributed by atoms with E-state index in [0.717, 1.165) is 30.0 Å². The highest BCUT2D eigenvalue weighted by atomic mass is 16.5. The third-order valence-electron chi connectivity index (χ3n) is 3.11. The topological polar surface area (TPSA) is 38.5 Å². The van der Waals surface area contributed by atoms with Crippen molar-refractivity contribution in [1.29, 1.82) is 0 Å². The van der Waals surface area contributed by atoms with Crippen LogP contribution >= 0.6 is 0 Å². The van der Waals surface area contributed by atoms with E-state index in [9.17, 15) is 0 Å². The van der Waals surface area contributed by atoms with E-state index in [4.69, 9.17) is 10.5 Å². The number of nitrogens with two attached hydrogens (primary N) is 1. The van der Waals surface area contributed by atoms with Gasteiger partial charge in [0.2, 0.25) is 0 Å². The van der Waals surface area contributed by atoms with Crippen LogP contribution in [0.4, 0.5) is 11.4 Å². The van der Waals surface area contributed by atoms with Gasteiger partial charge in [0.25, 0.3) is 0 Å². The molecule has 2 N–H and O–H groups in total. The van der Waals surface area contributed by atoms with Gasteiger partial charge in [0.15, 0.2) is 0 Å². The molecule has 3 nitrogen and oxygen atoms in total. The van der Waals surface area contributed by atoms with Crippen molar-refractivity contribution in [2.45, 2.75) is 31.8 Å². The molecule has 2 rings (SSSR count). The van der Waals surface area contributed by atoms with Gasteiger partial charge in [-0.25, -0.2) is 0 Å². The Bertz CT molecular complexity index is 357. The average Bonchev–Trinajstić information content (AvgIpc) is 2.73. The number of rotatable bonds is 3. The molecule has 0 spiro atoms. The van der Waals surface area contributed by atoms with Gasteiger partial charge in [-0.1, -0.05) is 0 Å². The van der Waals surface area contributed by atoms with E-state index in [-0.39, 0.29) is 0 Å². The Morgan fingerprint density at radius 2 is 1.94 bits per heavy atom. The van der Waals surface area contributed by atoms with Crippen molar-refractivity contribution >= 4 is 11.4 Å². The highest BCUT2D eigenvalue weighted by Gasteiger charge is 2.17. The molecule has 3 heteroatoms. The minimum atomic E-state index is 0.361. The first-order valence-electron chi connectivity index (χ1n) is 5.90. The summed E-state index contributed by atoms with van der Waals surface area (Å²) in [5, 5.41) is 0. The molecule has 0 radical (unpaired) electrons. The summed E-state index contributed by atoms with van der Waals surface area (Å²) in [6.07, 6.45) is 5.23. The van der Waals surface area contributed by atoms with Gasteiger partial charge in [-0.2, -0.15) is 0 Å². The minimum Gasteiger partial charge on any atom is -0.488 e. The first-order chi connectivity index (χ1) is 7.66. The molecule has 1 fully saturated rings. The minimum absolute atomic E-state index is 0.361. The Labute approximate surface area is 97.2 Å². The molecular formula is C13H20N2O. The Hall–Kier alpha value is -1.38. The molecule has 0 saturated heterocycles. The van der Waals surface area contributed by atoms with Gasteiger partial charge in [-0.3, -0.25) is 0 Å². The van der Waals surface area contributed by atoms with E-state index in [2.05, 4.69) is 4.90 Å². The van der Waals surface area contributed by atoms with Crippen LogP contribution in [0, 0.1) is 0 Å². The second-order valence-corrected chi connectivity index (χ2v) is 4.64. The monoisotopic (exact) mass is 220 g/mol. The fourth-order valence-corrected chi connectivity index (χ4v) is 2.09. The summed E-state index contributed by atoms with van der Waals surface area (Å²) in [5.41, 5.74) is 7.79. The van der Waals surface area contributed by atoms with E-state index >= 15 is 0 Å². The van der Waals surface area contributed by atoms with Crippen LogP contribution in [0.1, 0.15) is 25.7 Å². The van der Waals surface area contributed by atoms with E-state index in [0.29, 0.717) is 6.10 Å². The summed E-state index contributed by atoms with van der Waals surface area (Å²) in [4.78, 5) is 2.06. The molecule has 1 saturated carbocycles. The first kappa shape index (κ1) is 11.1. The average molecular weight is 220 g/mol. The number of nitrogen functional groups attached to an aromatic ring is 1. The first-order valence-corrected chi connectivity index (χ1v) is 5.90. The SMILES string of the molecule is CN(C)c1ccc(N)c(OC2CCCC2)c1. The van der Waals surface area contributed by atoms with Gasteiger partial charge in [0.05, 0.1) is 11.8 Å². The lowest BCUT2D eigenvalue weighted by atomic mass is 10.2. The zero-order valence-corrected chi connectivity index (χ0v) is 10.1. The quantitative estimate of drug-likeness (QED) is 0.796. The summed E-state index contributed by atoms with van der Waals surface area (Å²) in [6, 6.07) is 5.95. The molecule has 0 bridgehead atoms. The maximum atomic E-state index is 5.95. The molecule has 88 valence electrons. The summed E-state index contributed by atoms with van der Waals surface area (Å²) in [5.74, 6) is 0.832. The molecular weight excluding hydrogens is 200 g/mol. The zero-order chi connectivity index (χ0) is 11.5. The van der Waals surface area contributed by atoms with Crippen LogP contribution in [0.5, 0.6) is 5.75 Å². The highest BCUT2D eigenvalue weighted by molar-refractivity contribution is 5.61. The Balaban J connectivity index is 2.14. The lowest BCUT2D eigenvalue weighted by Crippen LogP contribution is -2.13. The lowest BCUT2D eigenvalue weighted by molar-refractivity contribution is 0.211. The molecule has 16 heavy (non-hydrogen) atoms. The van der Waals surface area contributed by atoms with Crippen molar-refractivity contribution in [3.63, 3.8) is 0 Å². The lowest BCUT2D eigenvalue weighted by Gasteiger charge is -2.18. The van der Waals surface area contributed by atoms with Crippen molar-refractivity contribution in [1.82, 2.24) is 0 Å². The molecule has 0 amide bonds. The van der Waals surface area contributed by atoms with Gasteiger partial charge in [-0.15, -0.1) is 0 Å². The van der Waals surface area contributed by atoms with Crippen LogP contribution in [-0.4, -0.2) is 20.2 Å². The van der Waals surface area contributed by atoms with Crippen molar-refractivity contribution in [3.05, 3.63) is 18.2 Å². The van der Waals surface area contributed by atoms with Crippen molar-refractivity contribution in [2.24, 2.45) is 0 Å². The summed E-state index contributed by atoms with van der Waals surface area (Å²) in [6.45, 7) is 0. The van der Waals surface area contributed by atoms with Gasteiger partial charge < -0.3 is 15.4 Å². The Morgan fingerprint density at radius 1 is 1.25 bits per heavy atom. The molecule has 1 aliphatic carbocycles. The number of nitrogens with zero attached hydrogens (tertiary/aromatic N) is 1. The molecule has 1 aromatic carbocycles. The van der Waals surface area contributed by atoms with E-state index in [1.54, 1.807) is 0 Å². The standard InChI is InChI=1S/C13H20N2O/c1-15(2)10-7-8-12(14)13(9-10)16-11-5-3-4-6-11/h7-9,11H,3-6,14H2,1-2H3. The number of hydrogen-bond acceptors (Lipinski definition) is 3. The normalized spacial score (nSPS) is 16.4. The Kier molecular flexibility index (Phi) is 3.22. The molecule has 0 aromatic heterocycles. The summed E-state index contributed by atoms with van der Waals surface area (Å²) in [7, 11) is 4.04. The predicted octanol–water partition coefficient (Wildman–Crippen LogP) is 2.66. The van der Waals surface area contributed by atoms with E-state index in [1.165, 1.54) is 12.8 Å². The fourth-order valence-electron chi connectivity index (χ4n) is 2.09. The second kappa shape index (κ2) is 4.64. The third kappa shape index (κ3) is 2.40. The van der Waals surface area contributed by atoms with Crippen molar-refractivity contribution in [3.8, 4) is 5.75 Å². The van der Waals surface area contributed by atoms with Gasteiger partial charge in [0, 0.05) is 25.8 Å². The molecule has 1 aromatic rings. The molecule has 1 aliphatic rings. The van der Waals surface area contributed by atoms with Crippen LogP contribution in [-0.2, 0) is 0 Å². The van der Waals surface area contributed by atoms with Crippen LogP contribution in [0.25, 0.3) is 0 Å². The van der Waals surface area contributed by atoms with E-state index < -0.39 is 0 Å². The van der Waals surface area contributed by atoms with Crippen LogP contribution in [0.2, 0.25) is 0 Å². The summed E-state index contributed by atoms with van der Waals surface area (Å²) < 4.78 is 5.95. The maximum absolute atomic E-state index is 5.95. The van der Waals surface area contributed by atoms with Gasteiger partial charge in [0.1, 0.15) is 5.75 Å². The zero-order valence-electron chi connectivity index (χ0n) is 10.1. The molecule has 0 atom stereocenters. The number of hydrogen-bond donors (Lipinski definition) is 1. The number of ether oxygens (including phenoxy) is 1. The molecule has 0 aliphatic heterocycles. The van der Waals surface area contributed by atoms with Gasteiger partial charge >= 0.3 is 0 Å². The van der Waals surface area contributed by atoms with Crippen molar-refractivity contribution < 1.29 is 4.74 Å². The van der Waals surface area contributed by atoms with Crippen LogP contribution in [0.15, 0.2) is 18.2 Å². The Morgan fingerprint density at radius 3 is 2.56 bits per heavy atom. The number of anilines is 2. The van der Waals surface area contributed by atoms with Crippen molar-refractivity contribution in [2.75, 3.05) is 24.7 Å². The largest absolute Gasteiger partial charge is 0.488 e. The third-order valence-corrected chi connectivity index (χ3v) is 3.11. The predicted molar refractivity (Wildman–Crippen MR) is 68.1 cm³/mol. The number of benzene rings is 1. The highest BCUT2D eigenvalue weighted by Crippen LogP contribution is 2.31. The van der Waals surface area contributed by atoms with Crippen LogP contribution in [0.3, 0.4) is 0 Å². The summed E-state index contributed by atoms with van der Waals surface area (Å²) >= 11 is 0.